The zero-order valence-corrected chi connectivity index (χ0v) is 16.5. The van der Waals surface area contributed by atoms with E-state index in [-0.39, 0.29) is 0 Å². The van der Waals surface area contributed by atoms with Gasteiger partial charge in [-0.3, -0.25) is 5.10 Å². The molecule has 0 spiro atoms. The first-order valence-corrected chi connectivity index (χ1v) is 9.25. The largest absolute Gasteiger partial charge is 0.299 e. The molecule has 7 nitrogen and oxygen atoms in total. The van der Waals surface area contributed by atoms with Crippen molar-refractivity contribution >= 4 is 35.4 Å². The third kappa shape index (κ3) is 3.31. The minimum absolute atomic E-state index is 0.394. The number of aromatic amines is 1. The second-order valence-electron chi connectivity index (χ2n) is 5.87. The van der Waals surface area contributed by atoms with Gasteiger partial charge in [-0.15, -0.1) is 5.10 Å². The Bertz CT molecular complexity index is 1250. The maximum absolute atomic E-state index is 8.92. The number of halogens is 2. The molecule has 10 heteroatoms. The molecule has 0 bridgehead atoms. The standard InChI is InChI=1S/C18H11Cl2N7S/c19-14-2-1-3-15(16(14)20)27-18(28)13(9-22-27)17-23-24-25-26(17)10-12-6-4-11(8-21)5-7-12/h1-7,9,22H,10H2. The summed E-state index contributed by atoms with van der Waals surface area (Å²) < 4.78 is 3.77. The van der Waals surface area contributed by atoms with Crippen LogP contribution in [-0.2, 0) is 6.54 Å². The molecule has 0 aliphatic rings. The van der Waals surface area contributed by atoms with Crippen molar-refractivity contribution in [2.45, 2.75) is 6.54 Å². The number of hydrogen-bond acceptors (Lipinski definition) is 5. The lowest BCUT2D eigenvalue weighted by Gasteiger charge is -2.06. The van der Waals surface area contributed by atoms with Crippen molar-refractivity contribution in [1.82, 2.24) is 30.0 Å². The van der Waals surface area contributed by atoms with Gasteiger partial charge in [0.2, 0.25) is 0 Å². The number of nitriles is 1. The van der Waals surface area contributed by atoms with Crippen LogP contribution in [0.25, 0.3) is 17.1 Å². The summed E-state index contributed by atoms with van der Waals surface area (Å²) in [4.78, 5) is 0. The highest BCUT2D eigenvalue weighted by atomic mass is 35.5. The highest BCUT2D eigenvalue weighted by Crippen LogP contribution is 2.30. The Morgan fingerprint density at radius 3 is 2.68 bits per heavy atom. The van der Waals surface area contributed by atoms with E-state index in [1.54, 1.807) is 39.8 Å². The van der Waals surface area contributed by atoms with E-state index in [1.165, 1.54) is 0 Å². The number of nitrogens with one attached hydrogen (secondary N) is 1. The van der Waals surface area contributed by atoms with Gasteiger partial charge < -0.3 is 0 Å². The van der Waals surface area contributed by atoms with Crippen LogP contribution in [0.3, 0.4) is 0 Å². The number of hydrogen-bond donors (Lipinski definition) is 1. The predicted octanol–water partition coefficient (Wildman–Crippen LogP) is 4.42. The SMILES string of the molecule is N#Cc1ccc(Cn2nnnc2-c2c[nH]n(-c3cccc(Cl)c3Cl)c2=S)cc1. The summed E-state index contributed by atoms with van der Waals surface area (Å²) in [6.07, 6.45) is 1.72. The quantitative estimate of drug-likeness (QED) is 0.487. The van der Waals surface area contributed by atoms with Crippen LogP contribution in [0.4, 0.5) is 0 Å². The summed E-state index contributed by atoms with van der Waals surface area (Å²) in [7, 11) is 0. The third-order valence-electron chi connectivity index (χ3n) is 4.13. The lowest BCUT2D eigenvalue weighted by molar-refractivity contribution is 0.653. The van der Waals surface area contributed by atoms with E-state index in [2.05, 4.69) is 26.7 Å². The highest BCUT2D eigenvalue weighted by Gasteiger charge is 2.16. The molecule has 0 aliphatic heterocycles. The van der Waals surface area contributed by atoms with Crippen LogP contribution in [0.1, 0.15) is 11.1 Å². The van der Waals surface area contributed by atoms with E-state index in [1.807, 2.05) is 18.2 Å². The van der Waals surface area contributed by atoms with Gasteiger partial charge in [0.15, 0.2) is 5.82 Å². The minimum atomic E-state index is 0.394. The number of tetrazole rings is 1. The summed E-state index contributed by atoms with van der Waals surface area (Å²) in [5.41, 5.74) is 2.85. The predicted molar refractivity (Wildman–Crippen MR) is 108 cm³/mol. The van der Waals surface area contributed by atoms with E-state index in [0.29, 0.717) is 43.9 Å². The third-order valence-corrected chi connectivity index (χ3v) is 5.34. The lowest BCUT2D eigenvalue weighted by Crippen LogP contribution is -2.04. The average Bonchev–Trinajstić information content (AvgIpc) is 3.31. The maximum Gasteiger partial charge on any atom is 0.186 e. The molecule has 28 heavy (non-hydrogen) atoms. The second-order valence-corrected chi connectivity index (χ2v) is 7.04. The fourth-order valence-corrected chi connectivity index (χ4v) is 3.42. The van der Waals surface area contributed by atoms with Gasteiger partial charge in [-0.25, -0.2) is 9.36 Å². The van der Waals surface area contributed by atoms with Crippen molar-refractivity contribution in [3.63, 3.8) is 0 Å². The molecule has 2 aromatic carbocycles. The first-order valence-electron chi connectivity index (χ1n) is 8.09. The molecule has 138 valence electrons. The van der Waals surface area contributed by atoms with Crippen molar-refractivity contribution in [2.75, 3.05) is 0 Å². The van der Waals surface area contributed by atoms with Gasteiger partial charge >= 0.3 is 0 Å². The van der Waals surface area contributed by atoms with Crippen molar-refractivity contribution in [1.29, 1.82) is 5.26 Å². The zero-order valence-electron chi connectivity index (χ0n) is 14.2. The molecule has 0 unspecified atom stereocenters. The lowest BCUT2D eigenvalue weighted by atomic mass is 10.1. The van der Waals surface area contributed by atoms with Crippen LogP contribution in [0.5, 0.6) is 0 Å². The Morgan fingerprint density at radius 2 is 1.93 bits per heavy atom. The van der Waals surface area contributed by atoms with Gasteiger partial charge in [-0.2, -0.15) is 5.26 Å². The van der Waals surface area contributed by atoms with Crippen molar-refractivity contribution in [3.8, 4) is 23.1 Å². The molecule has 0 radical (unpaired) electrons. The Balaban J connectivity index is 1.71. The summed E-state index contributed by atoms with van der Waals surface area (Å²) in [5.74, 6) is 0.516. The number of nitrogens with zero attached hydrogens (tertiary/aromatic N) is 6. The van der Waals surface area contributed by atoms with Gasteiger partial charge in [-0.05, 0) is 40.3 Å². The van der Waals surface area contributed by atoms with E-state index in [0.717, 1.165) is 5.56 Å². The topological polar surface area (TPSA) is 88.1 Å². The molecule has 0 amide bonds. The fraction of sp³-hybridized carbons (Fsp3) is 0.0556. The molecule has 2 heterocycles. The van der Waals surface area contributed by atoms with Crippen LogP contribution in [0.15, 0.2) is 48.7 Å². The molecular weight excluding hydrogens is 417 g/mol. The molecule has 0 aliphatic carbocycles. The molecule has 1 N–H and O–H groups in total. The molecule has 0 fully saturated rings. The summed E-state index contributed by atoms with van der Waals surface area (Å²) in [5, 5.41) is 24.8. The molecular formula is C18H11Cl2N7S. The summed E-state index contributed by atoms with van der Waals surface area (Å²) in [6, 6.07) is 14.6. The van der Waals surface area contributed by atoms with Crippen molar-refractivity contribution in [2.24, 2.45) is 0 Å². The van der Waals surface area contributed by atoms with E-state index in [9.17, 15) is 0 Å². The normalized spacial score (nSPS) is 10.8. The van der Waals surface area contributed by atoms with Gasteiger partial charge in [0.1, 0.15) is 4.64 Å². The number of aromatic nitrogens is 6. The van der Waals surface area contributed by atoms with Crippen LogP contribution in [-0.4, -0.2) is 30.0 Å². The van der Waals surface area contributed by atoms with Crippen LogP contribution >= 0.6 is 35.4 Å². The van der Waals surface area contributed by atoms with Gasteiger partial charge in [0.05, 0.1) is 39.5 Å². The Morgan fingerprint density at radius 1 is 1.14 bits per heavy atom. The van der Waals surface area contributed by atoms with Gasteiger partial charge in [-0.1, -0.05) is 53.6 Å². The average molecular weight is 428 g/mol. The van der Waals surface area contributed by atoms with Crippen LogP contribution < -0.4 is 0 Å². The van der Waals surface area contributed by atoms with Gasteiger partial charge in [0, 0.05) is 6.20 Å². The summed E-state index contributed by atoms with van der Waals surface area (Å²) >= 11 is 18.0. The fourth-order valence-electron chi connectivity index (χ4n) is 2.74. The Hall–Kier alpha value is -2.99. The Labute approximate surface area is 174 Å². The first kappa shape index (κ1) is 18.4. The molecule has 4 rings (SSSR count). The number of benzene rings is 2. The highest BCUT2D eigenvalue weighted by molar-refractivity contribution is 7.71. The monoisotopic (exact) mass is 427 g/mol. The number of H-pyrrole nitrogens is 1. The van der Waals surface area contributed by atoms with Crippen LogP contribution in [0, 0.1) is 16.0 Å². The maximum atomic E-state index is 8.92. The van der Waals surface area contributed by atoms with Crippen molar-refractivity contribution < 1.29 is 0 Å². The molecule has 4 aromatic rings. The summed E-state index contributed by atoms with van der Waals surface area (Å²) in [6.45, 7) is 0.436. The van der Waals surface area contributed by atoms with E-state index < -0.39 is 0 Å². The smallest absolute Gasteiger partial charge is 0.186 e. The van der Waals surface area contributed by atoms with E-state index >= 15 is 0 Å². The molecule has 2 aromatic heterocycles. The molecule has 0 saturated heterocycles. The minimum Gasteiger partial charge on any atom is -0.299 e. The van der Waals surface area contributed by atoms with Gasteiger partial charge in [0.25, 0.3) is 0 Å². The first-order chi connectivity index (χ1) is 13.6. The molecule has 0 saturated carbocycles. The van der Waals surface area contributed by atoms with E-state index in [4.69, 9.17) is 40.7 Å². The molecule has 0 atom stereocenters. The van der Waals surface area contributed by atoms with Crippen LogP contribution in [0.2, 0.25) is 10.0 Å². The second kappa shape index (κ2) is 7.56. The number of rotatable bonds is 4. The zero-order chi connectivity index (χ0) is 19.7. The van der Waals surface area contributed by atoms with Crippen molar-refractivity contribution in [3.05, 3.63) is 74.5 Å². The Kier molecular flexibility index (Phi) is 4.96.